The fourth-order valence-electron chi connectivity index (χ4n) is 3.91. The summed E-state index contributed by atoms with van der Waals surface area (Å²) < 4.78 is 0. The van der Waals surface area contributed by atoms with Crippen molar-refractivity contribution in [2.45, 2.75) is 6.92 Å². The highest BCUT2D eigenvalue weighted by Crippen LogP contribution is 2.36. The van der Waals surface area contributed by atoms with Crippen LogP contribution in [0.2, 0.25) is 10.0 Å². The van der Waals surface area contributed by atoms with E-state index in [-0.39, 0.29) is 5.91 Å². The lowest BCUT2D eigenvalue weighted by molar-refractivity contribution is -0.110. The number of nitrogens with one attached hydrogen (secondary N) is 5. The third kappa shape index (κ3) is 5.22. The number of anilines is 5. The van der Waals surface area contributed by atoms with Gasteiger partial charge in [-0.25, -0.2) is 4.79 Å². The van der Waals surface area contributed by atoms with Crippen LogP contribution in [0.4, 0.5) is 33.2 Å². The predicted molar refractivity (Wildman–Crippen MR) is 147 cm³/mol. The molecule has 4 aromatic rings. The summed E-state index contributed by atoms with van der Waals surface area (Å²) in [5.74, 6) is -0.147. The maximum Gasteiger partial charge on any atom is 0.323 e. The van der Waals surface area contributed by atoms with Gasteiger partial charge in [0.05, 0.1) is 11.3 Å². The molecule has 0 aliphatic carbocycles. The van der Waals surface area contributed by atoms with Gasteiger partial charge in [-0.3, -0.25) is 4.79 Å². The average Bonchev–Trinajstić information content (AvgIpc) is 3.43. The number of aromatic nitrogens is 1. The van der Waals surface area contributed by atoms with Gasteiger partial charge in [-0.1, -0.05) is 35.3 Å². The van der Waals surface area contributed by atoms with E-state index in [2.05, 4.69) is 26.3 Å². The van der Waals surface area contributed by atoms with Crippen molar-refractivity contribution in [3.8, 4) is 0 Å². The first-order valence-corrected chi connectivity index (χ1v) is 11.8. The second-order valence-electron chi connectivity index (χ2n) is 8.29. The molecule has 0 fully saturated rings. The Balaban J connectivity index is 1.31. The van der Waals surface area contributed by atoms with E-state index in [0.29, 0.717) is 27.0 Å². The second kappa shape index (κ2) is 9.81. The SMILES string of the molecule is Cc1ccc(NC(=O)Nc2cc(Cl)cc(Cl)c2)cc1Nc1ccc2c(c1)NC(=O)/C2=C\c1ccc[nH]1. The lowest BCUT2D eigenvalue weighted by Gasteiger charge is -2.14. The highest BCUT2D eigenvalue weighted by molar-refractivity contribution is 6.35. The van der Waals surface area contributed by atoms with Gasteiger partial charge in [0.1, 0.15) is 0 Å². The van der Waals surface area contributed by atoms with Gasteiger partial charge in [-0.15, -0.1) is 0 Å². The summed E-state index contributed by atoms with van der Waals surface area (Å²) in [6.07, 6.45) is 3.64. The summed E-state index contributed by atoms with van der Waals surface area (Å²) >= 11 is 12.0. The van der Waals surface area contributed by atoms with Crippen molar-refractivity contribution in [1.29, 1.82) is 0 Å². The Morgan fingerprint density at radius 3 is 2.39 bits per heavy atom. The van der Waals surface area contributed by atoms with Crippen molar-refractivity contribution in [2.24, 2.45) is 0 Å². The first kappa shape index (κ1) is 23.5. The molecule has 1 aliphatic rings. The van der Waals surface area contributed by atoms with E-state index in [9.17, 15) is 9.59 Å². The van der Waals surface area contributed by atoms with Crippen LogP contribution in [0.1, 0.15) is 16.8 Å². The van der Waals surface area contributed by atoms with Gasteiger partial charge in [0, 0.05) is 50.2 Å². The van der Waals surface area contributed by atoms with Crippen molar-refractivity contribution in [3.63, 3.8) is 0 Å². The molecule has 0 spiro atoms. The zero-order valence-corrected chi connectivity index (χ0v) is 20.6. The van der Waals surface area contributed by atoms with Gasteiger partial charge in [-0.2, -0.15) is 0 Å². The highest BCUT2D eigenvalue weighted by atomic mass is 35.5. The van der Waals surface area contributed by atoms with E-state index in [1.807, 2.05) is 67.7 Å². The van der Waals surface area contributed by atoms with E-state index in [4.69, 9.17) is 23.2 Å². The summed E-state index contributed by atoms with van der Waals surface area (Å²) in [4.78, 5) is 28.1. The van der Waals surface area contributed by atoms with E-state index in [1.165, 1.54) is 0 Å². The minimum Gasteiger partial charge on any atom is -0.362 e. The number of hydrogen-bond acceptors (Lipinski definition) is 3. The largest absolute Gasteiger partial charge is 0.362 e. The lowest BCUT2D eigenvalue weighted by Crippen LogP contribution is -2.19. The Morgan fingerprint density at radius 2 is 1.64 bits per heavy atom. The van der Waals surface area contributed by atoms with E-state index in [0.717, 1.165) is 33.9 Å². The average molecular weight is 518 g/mol. The molecule has 36 heavy (non-hydrogen) atoms. The van der Waals surface area contributed by atoms with Crippen LogP contribution in [0.3, 0.4) is 0 Å². The molecule has 0 radical (unpaired) electrons. The van der Waals surface area contributed by atoms with E-state index < -0.39 is 6.03 Å². The van der Waals surface area contributed by atoms with Crippen molar-refractivity contribution >= 4 is 75.2 Å². The van der Waals surface area contributed by atoms with Crippen molar-refractivity contribution in [1.82, 2.24) is 4.98 Å². The molecule has 3 aromatic carbocycles. The maximum atomic E-state index is 12.5. The number of halogens is 2. The number of rotatable bonds is 5. The summed E-state index contributed by atoms with van der Waals surface area (Å²) in [6.45, 7) is 1.96. The molecule has 180 valence electrons. The molecule has 0 atom stereocenters. The molecule has 0 saturated heterocycles. The lowest BCUT2D eigenvalue weighted by atomic mass is 10.1. The molecular formula is C27H21Cl2N5O2. The van der Waals surface area contributed by atoms with Crippen LogP contribution >= 0.6 is 23.2 Å². The van der Waals surface area contributed by atoms with Crippen LogP contribution in [0.15, 0.2) is 72.9 Å². The van der Waals surface area contributed by atoms with Gasteiger partial charge in [0.2, 0.25) is 0 Å². The number of benzene rings is 3. The number of carbonyl (C=O) groups is 2. The van der Waals surface area contributed by atoms with Gasteiger partial charge < -0.3 is 26.3 Å². The Labute approximate surface area is 217 Å². The molecule has 5 N–H and O–H groups in total. The number of hydrogen-bond donors (Lipinski definition) is 5. The third-order valence-electron chi connectivity index (χ3n) is 5.62. The summed E-state index contributed by atoms with van der Waals surface area (Å²) in [6, 6.07) is 19.4. The fraction of sp³-hybridized carbons (Fsp3) is 0.0370. The zero-order valence-electron chi connectivity index (χ0n) is 19.1. The molecule has 0 bridgehead atoms. The highest BCUT2D eigenvalue weighted by Gasteiger charge is 2.24. The number of H-pyrrole nitrogens is 1. The summed E-state index contributed by atoms with van der Waals surface area (Å²) in [5.41, 5.74) is 6.71. The molecule has 3 amide bonds. The van der Waals surface area contributed by atoms with Gasteiger partial charge in [0.25, 0.3) is 5.91 Å². The fourth-order valence-corrected chi connectivity index (χ4v) is 4.44. The topological polar surface area (TPSA) is 98.0 Å². The van der Waals surface area contributed by atoms with Crippen LogP contribution in [0.5, 0.6) is 0 Å². The molecule has 7 nitrogen and oxygen atoms in total. The monoisotopic (exact) mass is 517 g/mol. The van der Waals surface area contributed by atoms with Gasteiger partial charge in [-0.05, 0) is 73.2 Å². The molecule has 0 unspecified atom stereocenters. The number of aryl methyl sites for hydroxylation is 1. The van der Waals surface area contributed by atoms with Crippen molar-refractivity contribution < 1.29 is 9.59 Å². The third-order valence-corrected chi connectivity index (χ3v) is 6.06. The zero-order chi connectivity index (χ0) is 25.2. The Bertz CT molecular complexity index is 1490. The number of carbonyl (C=O) groups excluding carboxylic acids is 2. The van der Waals surface area contributed by atoms with Crippen LogP contribution in [0.25, 0.3) is 11.6 Å². The predicted octanol–water partition coefficient (Wildman–Crippen LogP) is 7.51. The smallest absolute Gasteiger partial charge is 0.323 e. The van der Waals surface area contributed by atoms with Gasteiger partial charge >= 0.3 is 6.03 Å². The number of urea groups is 1. The van der Waals surface area contributed by atoms with E-state index >= 15 is 0 Å². The van der Waals surface area contributed by atoms with Crippen LogP contribution < -0.4 is 21.3 Å². The molecule has 2 heterocycles. The van der Waals surface area contributed by atoms with Crippen LogP contribution in [-0.2, 0) is 4.79 Å². The first-order chi connectivity index (χ1) is 17.3. The van der Waals surface area contributed by atoms with Crippen molar-refractivity contribution in [2.75, 3.05) is 21.3 Å². The number of aromatic amines is 1. The molecular weight excluding hydrogens is 497 g/mol. The molecule has 5 rings (SSSR count). The molecule has 9 heteroatoms. The van der Waals surface area contributed by atoms with Crippen molar-refractivity contribution in [3.05, 3.63) is 99.8 Å². The Hall–Kier alpha value is -4.20. The minimum absolute atomic E-state index is 0.147. The summed E-state index contributed by atoms with van der Waals surface area (Å²) in [5, 5.41) is 12.7. The first-order valence-electron chi connectivity index (χ1n) is 11.1. The number of amides is 3. The van der Waals surface area contributed by atoms with Crippen LogP contribution in [0, 0.1) is 6.92 Å². The molecule has 1 aromatic heterocycles. The van der Waals surface area contributed by atoms with E-state index in [1.54, 1.807) is 18.2 Å². The Kier molecular flexibility index (Phi) is 6.41. The minimum atomic E-state index is -0.426. The molecule has 0 saturated carbocycles. The molecule has 1 aliphatic heterocycles. The van der Waals surface area contributed by atoms with Crippen LogP contribution in [-0.4, -0.2) is 16.9 Å². The Morgan fingerprint density at radius 1 is 0.889 bits per heavy atom. The standard InChI is InChI=1S/C27H21Cl2N5O2/c1-15-4-5-20(32-27(36)33-21-10-16(28)9-17(29)11-21)13-24(15)31-19-6-7-22-23(12-18-3-2-8-30-18)26(35)34-25(22)14-19/h2-14,30-31H,1H3,(H,34,35)(H2,32,33,36)/b23-12-. The van der Waals surface area contributed by atoms with Gasteiger partial charge in [0.15, 0.2) is 0 Å². The quantitative estimate of drug-likeness (QED) is 0.177. The normalized spacial score (nSPS) is 13.3. The summed E-state index contributed by atoms with van der Waals surface area (Å²) in [7, 11) is 0. The number of fused-ring (bicyclic) bond motifs is 1. The maximum absolute atomic E-state index is 12.5. The second-order valence-corrected chi connectivity index (χ2v) is 9.16.